The van der Waals surface area contributed by atoms with Crippen molar-refractivity contribution in [2.75, 3.05) is 31.1 Å². The number of pyridine rings is 1. The van der Waals surface area contributed by atoms with E-state index in [0.717, 1.165) is 43.7 Å². The molecule has 0 atom stereocenters. The van der Waals surface area contributed by atoms with Crippen LogP contribution in [0.15, 0.2) is 42.6 Å². The molecule has 1 spiro atoms. The molecule has 2 aliphatic rings. The van der Waals surface area contributed by atoms with Gasteiger partial charge < -0.3 is 9.64 Å². The van der Waals surface area contributed by atoms with Crippen LogP contribution in [-0.2, 0) is 16.1 Å². The Labute approximate surface area is 158 Å². The van der Waals surface area contributed by atoms with Gasteiger partial charge in [-0.3, -0.25) is 14.7 Å². The Morgan fingerprint density at radius 3 is 2.74 bits per heavy atom. The number of carbonyl (C=O) groups excluding carboxylic acids is 1. The zero-order valence-corrected chi connectivity index (χ0v) is 15.5. The van der Waals surface area contributed by atoms with Crippen LogP contribution >= 0.6 is 0 Å². The second-order valence-corrected chi connectivity index (χ2v) is 7.53. The number of halogens is 1. The molecule has 1 aromatic carbocycles. The second kappa shape index (κ2) is 7.37. The van der Waals surface area contributed by atoms with Crippen LogP contribution in [0.2, 0.25) is 0 Å². The van der Waals surface area contributed by atoms with Gasteiger partial charge in [0.15, 0.2) is 0 Å². The van der Waals surface area contributed by atoms with Crippen molar-refractivity contribution in [1.82, 2.24) is 9.88 Å². The number of aromatic nitrogens is 1. The number of aryl methyl sites for hydroxylation is 1. The summed E-state index contributed by atoms with van der Waals surface area (Å²) in [6.07, 6.45) is 3.59. The minimum atomic E-state index is -0.350. The van der Waals surface area contributed by atoms with Crippen LogP contribution in [0.5, 0.6) is 0 Å². The fourth-order valence-electron chi connectivity index (χ4n) is 3.84. The Balaban J connectivity index is 1.41. The molecular formula is C21H24FN3O2. The van der Waals surface area contributed by atoms with Crippen LogP contribution in [-0.4, -0.2) is 47.6 Å². The molecule has 0 N–H and O–H groups in total. The second-order valence-electron chi connectivity index (χ2n) is 7.53. The van der Waals surface area contributed by atoms with Gasteiger partial charge >= 0.3 is 0 Å². The van der Waals surface area contributed by atoms with Gasteiger partial charge in [0.25, 0.3) is 5.91 Å². The van der Waals surface area contributed by atoms with E-state index in [0.29, 0.717) is 12.2 Å². The SMILES string of the molecule is Cc1ccc(CN2CCC3(CC2)CN(c2cccc(F)c2)C(=O)CO3)nc1. The predicted molar refractivity (Wildman–Crippen MR) is 101 cm³/mol. The lowest BCUT2D eigenvalue weighted by atomic mass is 9.89. The van der Waals surface area contributed by atoms with Gasteiger partial charge in [0, 0.05) is 31.5 Å². The average molecular weight is 369 g/mol. The highest BCUT2D eigenvalue weighted by atomic mass is 19.1. The molecule has 0 saturated carbocycles. The standard InChI is InChI=1S/C21H24FN3O2/c1-16-5-6-18(23-12-16)13-24-9-7-21(8-10-24)15-25(20(26)14-27-21)19-4-2-3-17(22)11-19/h2-6,11-12H,7-10,13-15H2,1H3. The molecule has 2 saturated heterocycles. The molecule has 0 aliphatic carbocycles. The van der Waals surface area contributed by atoms with Crippen molar-refractivity contribution in [2.24, 2.45) is 0 Å². The van der Waals surface area contributed by atoms with E-state index in [1.165, 1.54) is 12.1 Å². The fourth-order valence-corrected chi connectivity index (χ4v) is 3.84. The van der Waals surface area contributed by atoms with Gasteiger partial charge in [0.1, 0.15) is 12.4 Å². The zero-order valence-electron chi connectivity index (χ0n) is 15.5. The van der Waals surface area contributed by atoms with Crippen LogP contribution < -0.4 is 4.90 Å². The summed E-state index contributed by atoms with van der Waals surface area (Å²) < 4.78 is 19.6. The summed E-state index contributed by atoms with van der Waals surface area (Å²) >= 11 is 0. The van der Waals surface area contributed by atoms with Crippen molar-refractivity contribution in [3.63, 3.8) is 0 Å². The van der Waals surface area contributed by atoms with Crippen molar-refractivity contribution < 1.29 is 13.9 Å². The lowest BCUT2D eigenvalue weighted by Gasteiger charge is -2.47. The number of hydrogen-bond donors (Lipinski definition) is 0. The lowest BCUT2D eigenvalue weighted by molar-refractivity contribution is -0.145. The van der Waals surface area contributed by atoms with Gasteiger partial charge in [-0.25, -0.2) is 4.39 Å². The van der Waals surface area contributed by atoms with Crippen LogP contribution in [0, 0.1) is 12.7 Å². The molecule has 6 heteroatoms. The lowest BCUT2D eigenvalue weighted by Crippen LogP contribution is -2.58. The number of nitrogens with zero attached hydrogens (tertiary/aromatic N) is 3. The summed E-state index contributed by atoms with van der Waals surface area (Å²) in [6.45, 7) is 5.17. The number of carbonyl (C=O) groups is 1. The van der Waals surface area contributed by atoms with Crippen molar-refractivity contribution in [1.29, 1.82) is 0 Å². The first kappa shape index (κ1) is 18.1. The summed E-state index contributed by atoms with van der Waals surface area (Å²) in [6, 6.07) is 10.4. The minimum Gasteiger partial charge on any atom is -0.363 e. The van der Waals surface area contributed by atoms with E-state index < -0.39 is 0 Å². The van der Waals surface area contributed by atoms with Gasteiger partial charge in [0.2, 0.25) is 0 Å². The molecule has 2 fully saturated rings. The highest BCUT2D eigenvalue weighted by Gasteiger charge is 2.42. The van der Waals surface area contributed by atoms with Crippen LogP contribution in [0.4, 0.5) is 10.1 Å². The van der Waals surface area contributed by atoms with Gasteiger partial charge in [-0.05, 0) is 49.6 Å². The van der Waals surface area contributed by atoms with E-state index in [-0.39, 0.29) is 23.9 Å². The fraction of sp³-hybridized carbons (Fsp3) is 0.429. The third-order valence-corrected chi connectivity index (χ3v) is 5.49. The predicted octanol–water partition coefficient (Wildman–Crippen LogP) is 2.93. The Bertz CT molecular complexity index is 816. The summed E-state index contributed by atoms with van der Waals surface area (Å²) in [5, 5.41) is 0. The maximum Gasteiger partial charge on any atom is 0.253 e. The smallest absolute Gasteiger partial charge is 0.253 e. The van der Waals surface area contributed by atoms with Crippen LogP contribution in [0.25, 0.3) is 0 Å². The molecule has 3 heterocycles. The number of likely N-dealkylation sites (tertiary alicyclic amines) is 1. The summed E-state index contributed by atoms with van der Waals surface area (Å²) in [5.74, 6) is -0.446. The van der Waals surface area contributed by atoms with E-state index in [1.807, 2.05) is 13.1 Å². The quantitative estimate of drug-likeness (QED) is 0.835. The number of benzene rings is 1. The summed E-state index contributed by atoms with van der Waals surface area (Å²) in [5.41, 5.74) is 2.48. The minimum absolute atomic E-state index is 0.0516. The van der Waals surface area contributed by atoms with Gasteiger partial charge in [0.05, 0.1) is 17.8 Å². The van der Waals surface area contributed by atoms with E-state index >= 15 is 0 Å². The number of ether oxygens (including phenoxy) is 1. The summed E-state index contributed by atoms with van der Waals surface area (Å²) in [7, 11) is 0. The molecule has 142 valence electrons. The highest BCUT2D eigenvalue weighted by Crippen LogP contribution is 2.33. The average Bonchev–Trinajstić information content (AvgIpc) is 2.68. The van der Waals surface area contributed by atoms with E-state index in [2.05, 4.69) is 22.0 Å². The first-order chi connectivity index (χ1) is 13.0. The zero-order chi connectivity index (χ0) is 18.9. The molecule has 0 bridgehead atoms. The Hall–Kier alpha value is -2.31. The third kappa shape index (κ3) is 4.01. The molecule has 2 aliphatic heterocycles. The Kier molecular flexibility index (Phi) is 4.93. The largest absolute Gasteiger partial charge is 0.363 e. The van der Waals surface area contributed by atoms with Crippen molar-refractivity contribution >= 4 is 11.6 Å². The molecule has 2 aromatic rings. The maximum atomic E-state index is 13.6. The number of rotatable bonds is 3. The monoisotopic (exact) mass is 369 g/mol. The number of anilines is 1. The van der Waals surface area contributed by atoms with Gasteiger partial charge in [-0.1, -0.05) is 12.1 Å². The van der Waals surface area contributed by atoms with E-state index in [1.54, 1.807) is 17.0 Å². The molecule has 1 aromatic heterocycles. The molecule has 27 heavy (non-hydrogen) atoms. The Morgan fingerprint density at radius 2 is 2.04 bits per heavy atom. The van der Waals surface area contributed by atoms with Crippen LogP contribution in [0.3, 0.4) is 0 Å². The Morgan fingerprint density at radius 1 is 1.22 bits per heavy atom. The third-order valence-electron chi connectivity index (χ3n) is 5.49. The number of piperidine rings is 1. The maximum absolute atomic E-state index is 13.6. The van der Waals surface area contributed by atoms with Gasteiger partial charge in [-0.15, -0.1) is 0 Å². The molecule has 0 unspecified atom stereocenters. The molecule has 4 rings (SSSR count). The molecule has 5 nitrogen and oxygen atoms in total. The normalized spacial score (nSPS) is 20.2. The van der Waals surface area contributed by atoms with Gasteiger partial charge in [-0.2, -0.15) is 0 Å². The molecular weight excluding hydrogens is 345 g/mol. The van der Waals surface area contributed by atoms with E-state index in [9.17, 15) is 9.18 Å². The topological polar surface area (TPSA) is 45.7 Å². The molecule has 1 amide bonds. The number of amides is 1. The van der Waals surface area contributed by atoms with Crippen molar-refractivity contribution in [2.45, 2.75) is 31.9 Å². The van der Waals surface area contributed by atoms with Crippen molar-refractivity contribution in [3.05, 3.63) is 59.7 Å². The first-order valence-electron chi connectivity index (χ1n) is 9.37. The van der Waals surface area contributed by atoms with E-state index in [4.69, 9.17) is 4.74 Å². The highest BCUT2D eigenvalue weighted by molar-refractivity contribution is 5.95. The molecule has 0 radical (unpaired) electrons. The summed E-state index contributed by atoms with van der Waals surface area (Å²) in [4.78, 5) is 20.9. The number of hydrogen-bond acceptors (Lipinski definition) is 4. The van der Waals surface area contributed by atoms with Crippen LogP contribution in [0.1, 0.15) is 24.1 Å². The van der Waals surface area contributed by atoms with Crippen molar-refractivity contribution in [3.8, 4) is 0 Å². The number of morpholine rings is 1. The first-order valence-corrected chi connectivity index (χ1v) is 9.37.